The molecule has 1 heteroatoms. The van der Waals surface area contributed by atoms with Gasteiger partial charge in [0.15, 0.2) is 0 Å². The molecule has 0 fully saturated rings. The zero-order valence-electron chi connectivity index (χ0n) is 8.33. The Bertz CT molecular complexity index is 272. The molecule has 0 spiro atoms. The number of rotatable bonds is 3. The first-order valence-electron chi connectivity index (χ1n) is 4.73. The summed E-state index contributed by atoms with van der Waals surface area (Å²) in [4.78, 5) is 0. The van der Waals surface area contributed by atoms with Gasteiger partial charge in [-0.2, -0.15) is 0 Å². The molecule has 1 rings (SSSR count). The van der Waals surface area contributed by atoms with Crippen LogP contribution in [0.2, 0.25) is 0 Å². The molecule has 13 heavy (non-hydrogen) atoms. The van der Waals surface area contributed by atoms with Crippen molar-refractivity contribution >= 4 is 6.08 Å². The zero-order valence-corrected chi connectivity index (χ0v) is 8.33. The molecule has 1 aromatic carbocycles. The van der Waals surface area contributed by atoms with Crippen LogP contribution in [0.1, 0.15) is 24.5 Å². The van der Waals surface area contributed by atoms with Gasteiger partial charge in [0.1, 0.15) is 0 Å². The highest BCUT2D eigenvalue weighted by atomic mass is 14.6. The molecule has 0 heterocycles. The van der Waals surface area contributed by atoms with Gasteiger partial charge in [0.2, 0.25) is 0 Å². The summed E-state index contributed by atoms with van der Waals surface area (Å²) in [7, 11) is 0. The van der Waals surface area contributed by atoms with E-state index in [-0.39, 0.29) is 6.04 Å². The fourth-order valence-electron chi connectivity index (χ4n) is 1.05. The van der Waals surface area contributed by atoms with Crippen molar-refractivity contribution in [3.63, 3.8) is 0 Å². The quantitative estimate of drug-likeness (QED) is 0.751. The molecule has 0 bridgehead atoms. The van der Waals surface area contributed by atoms with Crippen LogP contribution in [0.4, 0.5) is 0 Å². The van der Waals surface area contributed by atoms with Crippen molar-refractivity contribution in [2.75, 3.05) is 0 Å². The molecule has 0 aliphatic rings. The van der Waals surface area contributed by atoms with E-state index < -0.39 is 0 Å². The van der Waals surface area contributed by atoms with E-state index in [2.05, 4.69) is 44.2 Å². The van der Waals surface area contributed by atoms with Gasteiger partial charge in [-0.1, -0.05) is 48.9 Å². The summed E-state index contributed by atoms with van der Waals surface area (Å²) in [5.74, 6) is 0. The van der Waals surface area contributed by atoms with E-state index >= 15 is 0 Å². The normalized spacial score (nSPS) is 13.5. The van der Waals surface area contributed by atoms with Crippen LogP contribution in [-0.2, 0) is 0 Å². The Labute approximate surface area is 80.3 Å². The highest BCUT2D eigenvalue weighted by molar-refractivity contribution is 5.50. The van der Waals surface area contributed by atoms with Crippen LogP contribution in [0.25, 0.3) is 6.08 Å². The van der Waals surface area contributed by atoms with Crippen LogP contribution < -0.4 is 5.73 Å². The molecular weight excluding hydrogens is 158 g/mol. The number of aryl methyl sites for hydroxylation is 1. The molecule has 0 aliphatic carbocycles. The van der Waals surface area contributed by atoms with E-state index in [4.69, 9.17) is 5.73 Å². The topological polar surface area (TPSA) is 26.0 Å². The average molecular weight is 175 g/mol. The average Bonchev–Trinajstić information content (AvgIpc) is 2.16. The molecule has 0 aliphatic heterocycles. The minimum absolute atomic E-state index is 0.182. The Balaban J connectivity index is 2.64. The van der Waals surface area contributed by atoms with Crippen molar-refractivity contribution in [3.05, 3.63) is 41.5 Å². The maximum atomic E-state index is 5.76. The van der Waals surface area contributed by atoms with Crippen molar-refractivity contribution in [1.29, 1.82) is 0 Å². The van der Waals surface area contributed by atoms with Crippen molar-refractivity contribution in [1.82, 2.24) is 0 Å². The highest BCUT2D eigenvalue weighted by Gasteiger charge is 1.91. The van der Waals surface area contributed by atoms with Crippen molar-refractivity contribution < 1.29 is 0 Å². The number of hydrogen-bond donors (Lipinski definition) is 1. The van der Waals surface area contributed by atoms with Crippen LogP contribution in [0, 0.1) is 6.92 Å². The second kappa shape index (κ2) is 4.83. The Hall–Kier alpha value is -1.08. The van der Waals surface area contributed by atoms with E-state index in [1.54, 1.807) is 0 Å². The van der Waals surface area contributed by atoms with Crippen LogP contribution in [0.3, 0.4) is 0 Å². The van der Waals surface area contributed by atoms with E-state index in [1.165, 1.54) is 11.1 Å². The smallest absolute Gasteiger partial charge is 0.0224 e. The van der Waals surface area contributed by atoms with Gasteiger partial charge in [-0.05, 0) is 18.9 Å². The molecule has 0 saturated heterocycles. The second-order valence-electron chi connectivity index (χ2n) is 3.34. The van der Waals surface area contributed by atoms with Gasteiger partial charge in [0.05, 0.1) is 0 Å². The molecule has 0 amide bonds. The van der Waals surface area contributed by atoms with E-state index in [0.29, 0.717) is 0 Å². The van der Waals surface area contributed by atoms with Gasteiger partial charge in [0, 0.05) is 6.04 Å². The van der Waals surface area contributed by atoms with Gasteiger partial charge in [-0.15, -0.1) is 0 Å². The zero-order chi connectivity index (χ0) is 9.68. The molecule has 1 atom stereocenters. The summed E-state index contributed by atoms with van der Waals surface area (Å²) in [5, 5.41) is 0. The second-order valence-corrected chi connectivity index (χ2v) is 3.34. The predicted octanol–water partition coefficient (Wildman–Crippen LogP) is 2.75. The lowest BCUT2D eigenvalue weighted by atomic mass is 10.1. The van der Waals surface area contributed by atoms with Gasteiger partial charge in [0.25, 0.3) is 0 Å². The van der Waals surface area contributed by atoms with Crippen LogP contribution in [0.15, 0.2) is 30.3 Å². The van der Waals surface area contributed by atoms with Gasteiger partial charge in [-0.25, -0.2) is 0 Å². The standard InChI is InChI=1S/C12H17N/c1-3-12(13)9-8-11-6-4-10(2)5-7-11/h4-9,12H,3,13H2,1-2H3/b9-8+. The molecule has 0 saturated carbocycles. The van der Waals surface area contributed by atoms with Crippen molar-refractivity contribution in [3.8, 4) is 0 Å². The SMILES string of the molecule is CCC(N)/C=C/c1ccc(C)cc1. The van der Waals surface area contributed by atoms with Crippen LogP contribution >= 0.6 is 0 Å². The molecule has 70 valence electrons. The van der Waals surface area contributed by atoms with Crippen molar-refractivity contribution in [2.45, 2.75) is 26.3 Å². The molecular formula is C12H17N. The van der Waals surface area contributed by atoms with Gasteiger partial charge in [-0.3, -0.25) is 0 Å². The number of hydrogen-bond acceptors (Lipinski definition) is 1. The third-order valence-corrected chi connectivity index (χ3v) is 2.08. The minimum atomic E-state index is 0.182. The van der Waals surface area contributed by atoms with E-state index in [0.717, 1.165) is 6.42 Å². The maximum absolute atomic E-state index is 5.76. The van der Waals surface area contributed by atoms with E-state index in [1.807, 2.05) is 6.08 Å². The molecule has 1 unspecified atom stereocenters. The summed E-state index contributed by atoms with van der Waals surface area (Å²) in [6.45, 7) is 4.18. The fourth-order valence-corrected chi connectivity index (χ4v) is 1.05. The van der Waals surface area contributed by atoms with Gasteiger partial charge >= 0.3 is 0 Å². The lowest BCUT2D eigenvalue weighted by Crippen LogP contribution is -2.14. The molecule has 1 nitrogen and oxygen atoms in total. The Kier molecular flexibility index (Phi) is 3.71. The van der Waals surface area contributed by atoms with Gasteiger partial charge < -0.3 is 5.73 Å². The lowest BCUT2D eigenvalue weighted by Gasteiger charge is -2.00. The number of nitrogens with two attached hydrogens (primary N) is 1. The molecule has 0 aromatic heterocycles. The third-order valence-electron chi connectivity index (χ3n) is 2.08. The van der Waals surface area contributed by atoms with E-state index in [9.17, 15) is 0 Å². The first kappa shape index (κ1) is 10.0. The summed E-state index contributed by atoms with van der Waals surface area (Å²) >= 11 is 0. The van der Waals surface area contributed by atoms with Crippen LogP contribution in [0.5, 0.6) is 0 Å². The predicted molar refractivity (Wildman–Crippen MR) is 58.5 cm³/mol. The summed E-state index contributed by atoms with van der Waals surface area (Å²) in [6, 6.07) is 8.61. The third kappa shape index (κ3) is 3.43. The fraction of sp³-hybridized carbons (Fsp3) is 0.333. The number of benzene rings is 1. The monoisotopic (exact) mass is 175 g/mol. The maximum Gasteiger partial charge on any atom is 0.0224 e. The largest absolute Gasteiger partial charge is 0.324 e. The Morgan fingerprint density at radius 3 is 2.46 bits per heavy atom. The molecule has 1 aromatic rings. The highest BCUT2D eigenvalue weighted by Crippen LogP contribution is 2.05. The molecule has 0 radical (unpaired) electrons. The Morgan fingerprint density at radius 1 is 1.31 bits per heavy atom. The van der Waals surface area contributed by atoms with Crippen LogP contribution in [-0.4, -0.2) is 6.04 Å². The minimum Gasteiger partial charge on any atom is -0.324 e. The summed E-state index contributed by atoms with van der Waals surface area (Å²) in [6.07, 6.45) is 5.11. The lowest BCUT2D eigenvalue weighted by molar-refractivity contribution is 0.785. The summed E-state index contributed by atoms with van der Waals surface area (Å²) < 4.78 is 0. The summed E-state index contributed by atoms with van der Waals surface area (Å²) in [5.41, 5.74) is 8.27. The Morgan fingerprint density at radius 2 is 1.92 bits per heavy atom. The molecule has 2 N–H and O–H groups in total. The van der Waals surface area contributed by atoms with Crippen molar-refractivity contribution in [2.24, 2.45) is 5.73 Å². The first-order chi connectivity index (χ1) is 6.22. The first-order valence-corrected chi connectivity index (χ1v) is 4.73.